The van der Waals surface area contributed by atoms with E-state index in [1.165, 1.54) is 0 Å². The lowest BCUT2D eigenvalue weighted by molar-refractivity contribution is 0.584. The molecule has 0 radical (unpaired) electrons. The monoisotopic (exact) mass is 241 g/mol. The van der Waals surface area contributed by atoms with Crippen LogP contribution in [0, 0.1) is 0 Å². The van der Waals surface area contributed by atoms with E-state index in [1.54, 1.807) is 19.1 Å². The van der Waals surface area contributed by atoms with Gasteiger partial charge in [-0.1, -0.05) is 26.0 Å². The van der Waals surface area contributed by atoms with Crippen molar-refractivity contribution in [3.63, 3.8) is 0 Å². The number of rotatable bonds is 4. The second-order valence-corrected chi connectivity index (χ2v) is 6.68. The molecule has 0 aliphatic heterocycles. The van der Waals surface area contributed by atoms with Crippen LogP contribution in [0.3, 0.4) is 0 Å². The second kappa shape index (κ2) is 4.97. The highest BCUT2D eigenvalue weighted by Crippen LogP contribution is 2.20. The molecule has 1 aromatic rings. The Balaban J connectivity index is 3.07. The van der Waals surface area contributed by atoms with Crippen LogP contribution >= 0.6 is 0 Å². The third kappa shape index (κ3) is 2.62. The van der Waals surface area contributed by atoms with Crippen LogP contribution in [0.1, 0.15) is 32.3 Å². The van der Waals surface area contributed by atoms with E-state index in [-0.39, 0.29) is 6.54 Å². The summed E-state index contributed by atoms with van der Waals surface area (Å²) in [6.07, 6.45) is 0. The highest BCUT2D eigenvalue weighted by molar-refractivity contribution is 7.92. The van der Waals surface area contributed by atoms with E-state index in [4.69, 9.17) is 5.73 Å². The van der Waals surface area contributed by atoms with E-state index in [2.05, 4.69) is 13.8 Å². The van der Waals surface area contributed by atoms with Gasteiger partial charge in [0.2, 0.25) is 0 Å². The van der Waals surface area contributed by atoms with Crippen LogP contribution in [0.15, 0.2) is 29.2 Å². The second-order valence-electron chi connectivity index (χ2n) is 4.32. The average molecular weight is 241 g/mol. The van der Waals surface area contributed by atoms with Gasteiger partial charge in [0.1, 0.15) is 0 Å². The molecule has 0 amide bonds. The molecule has 0 saturated heterocycles. The Labute approximate surface area is 97.6 Å². The average Bonchev–Trinajstić information content (AvgIpc) is 2.28. The zero-order chi connectivity index (χ0) is 12.3. The summed E-state index contributed by atoms with van der Waals surface area (Å²) in [5, 5.41) is -0.530. The van der Waals surface area contributed by atoms with Crippen molar-refractivity contribution in [3.05, 3.63) is 29.8 Å². The number of benzene rings is 1. The van der Waals surface area contributed by atoms with Crippen LogP contribution in [0.2, 0.25) is 0 Å². The van der Waals surface area contributed by atoms with Crippen LogP contribution in [-0.4, -0.2) is 20.2 Å². The molecule has 0 heterocycles. The molecule has 90 valence electrons. The minimum Gasteiger partial charge on any atom is -0.329 e. The van der Waals surface area contributed by atoms with Gasteiger partial charge in [-0.25, -0.2) is 8.42 Å². The van der Waals surface area contributed by atoms with Gasteiger partial charge in [-0.3, -0.25) is 0 Å². The van der Waals surface area contributed by atoms with Gasteiger partial charge in [-0.15, -0.1) is 0 Å². The molecule has 1 atom stereocenters. The summed E-state index contributed by atoms with van der Waals surface area (Å²) < 4.78 is 23.9. The minimum absolute atomic E-state index is 0.147. The minimum atomic E-state index is -3.26. The van der Waals surface area contributed by atoms with Gasteiger partial charge in [0, 0.05) is 6.54 Å². The van der Waals surface area contributed by atoms with Crippen molar-refractivity contribution in [3.8, 4) is 0 Å². The van der Waals surface area contributed by atoms with Crippen LogP contribution in [0.25, 0.3) is 0 Å². The Morgan fingerprint density at radius 1 is 1.12 bits per heavy atom. The standard InChI is InChI=1S/C12H19NO2S/c1-9(2)11-4-6-12(7-5-11)16(14,15)10(3)8-13/h4-7,9-10H,8,13H2,1-3H3. The van der Waals surface area contributed by atoms with Crippen molar-refractivity contribution in [1.29, 1.82) is 0 Å². The first kappa shape index (κ1) is 13.2. The van der Waals surface area contributed by atoms with Gasteiger partial charge in [0.15, 0.2) is 9.84 Å². The Morgan fingerprint density at radius 2 is 1.62 bits per heavy atom. The maximum Gasteiger partial charge on any atom is 0.182 e. The molecular formula is C12H19NO2S. The first-order chi connectivity index (χ1) is 7.39. The third-order valence-electron chi connectivity index (χ3n) is 2.74. The van der Waals surface area contributed by atoms with Gasteiger partial charge < -0.3 is 5.73 Å². The molecular weight excluding hydrogens is 222 g/mol. The summed E-state index contributed by atoms with van der Waals surface area (Å²) in [6, 6.07) is 7.05. The Kier molecular flexibility index (Phi) is 4.10. The SMILES string of the molecule is CC(C)c1ccc(S(=O)(=O)C(C)CN)cc1. The van der Waals surface area contributed by atoms with Crippen LogP contribution in [0.5, 0.6) is 0 Å². The zero-order valence-corrected chi connectivity index (χ0v) is 10.8. The lowest BCUT2D eigenvalue weighted by atomic mass is 10.0. The summed E-state index contributed by atoms with van der Waals surface area (Å²) in [5.74, 6) is 0.406. The van der Waals surface area contributed by atoms with E-state index < -0.39 is 15.1 Å². The van der Waals surface area contributed by atoms with Crippen molar-refractivity contribution in [2.24, 2.45) is 5.73 Å². The third-order valence-corrected chi connectivity index (χ3v) is 4.92. The van der Waals surface area contributed by atoms with E-state index in [1.807, 2.05) is 12.1 Å². The van der Waals surface area contributed by atoms with Gasteiger partial charge in [-0.05, 0) is 30.5 Å². The highest BCUT2D eigenvalue weighted by atomic mass is 32.2. The largest absolute Gasteiger partial charge is 0.329 e. The molecule has 4 heteroatoms. The molecule has 0 bridgehead atoms. The van der Waals surface area contributed by atoms with E-state index in [0.717, 1.165) is 5.56 Å². The maximum absolute atomic E-state index is 12.0. The molecule has 1 unspecified atom stereocenters. The smallest absolute Gasteiger partial charge is 0.182 e. The molecule has 0 aromatic heterocycles. The first-order valence-corrected chi connectivity index (χ1v) is 6.98. The predicted octanol–water partition coefficient (Wildman–Crippen LogP) is 1.93. The molecule has 1 aromatic carbocycles. The summed E-state index contributed by atoms with van der Waals surface area (Å²) >= 11 is 0. The summed E-state index contributed by atoms with van der Waals surface area (Å²) in [4.78, 5) is 0.356. The lowest BCUT2D eigenvalue weighted by Crippen LogP contribution is -2.26. The summed E-state index contributed by atoms with van der Waals surface area (Å²) in [7, 11) is -3.26. The fraction of sp³-hybridized carbons (Fsp3) is 0.500. The molecule has 2 N–H and O–H groups in total. The fourth-order valence-corrected chi connectivity index (χ4v) is 2.63. The van der Waals surface area contributed by atoms with Crippen molar-refractivity contribution in [2.45, 2.75) is 36.8 Å². The van der Waals surface area contributed by atoms with Crippen molar-refractivity contribution < 1.29 is 8.42 Å². The van der Waals surface area contributed by atoms with Crippen LogP contribution in [-0.2, 0) is 9.84 Å². The van der Waals surface area contributed by atoms with E-state index in [9.17, 15) is 8.42 Å². The lowest BCUT2D eigenvalue weighted by Gasteiger charge is -2.11. The molecule has 0 fully saturated rings. The predicted molar refractivity (Wildman–Crippen MR) is 66.2 cm³/mol. The van der Waals surface area contributed by atoms with Crippen LogP contribution < -0.4 is 5.73 Å². The number of nitrogens with two attached hydrogens (primary N) is 1. The summed E-state index contributed by atoms with van der Waals surface area (Å²) in [5.41, 5.74) is 6.53. The molecule has 0 saturated carbocycles. The van der Waals surface area contributed by atoms with E-state index in [0.29, 0.717) is 10.8 Å². The number of sulfone groups is 1. The topological polar surface area (TPSA) is 60.2 Å². The van der Waals surface area contributed by atoms with Gasteiger partial charge in [0.05, 0.1) is 10.1 Å². The fourth-order valence-electron chi connectivity index (χ4n) is 1.40. The first-order valence-electron chi connectivity index (χ1n) is 5.43. The van der Waals surface area contributed by atoms with Crippen LogP contribution in [0.4, 0.5) is 0 Å². The molecule has 0 aliphatic carbocycles. The van der Waals surface area contributed by atoms with Gasteiger partial charge in [0.25, 0.3) is 0 Å². The summed E-state index contributed by atoms with van der Waals surface area (Å²) in [6.45, 7) is 5.93. The Bertz CT molecular complexity index is 435. The Morgan fingerprint density at radius 3 is 2.00 bits per heavy atom. The quantitative estimate of drug-likeness (QED) is 0.876. The number of hydrogen-bond acceptors (Lipinski definition) is 3. The number of hydrogen-bond donors (Lipinski definition) is 1. The highest BCUT2D eigenvalue weighted by Gasteiger charge is 2.21. The molecule has 16 heavy (non-hydrogen) atoms. The van der Waals surface area contributed by atoms with E-state index >= 15 is 0 Å². The van der Waals surface area contributed by atoms with Gasteiger partial charge >= 0.3 is 0 Å². The zero-order valence-electron chi connectivity index (χ0n) is 9.97. The molecule has 0 spiro atoms. The maximum atomic E-state index is 12.0. The molecule has 3 nitrogen and oxygen atoms in total. The Hall–Kier alpha value is -0.870. The van der Waals surface area contributed by atoms with Crippen molar-refractivity contribution in [1.82, 2.24) is 0 Å². The van der Waals surface area contributed by atoms with Crippen molar-refractivity contribution >= 4 is 9.84 Å². The van der Waals surface area contributed by atoms with Gasteiger partial charge in [-0.2, -0.15) is 0 Å². The van der Waals surface area contributed by atoms with Crippen molar-refractivity contribution in [2.75, 3.05) is 6.54 Å². The normalized spacial score (nSPS) is 14.1. The molecule has 0 aliphatic rings. The molecule has 1 rings (SSSR count).